The van der Waals surface area contributed by atoms with Gasteiger partial charge < -0.3 is 4.74 Å². The third-order valence-corrected chi connectivity index (χ3v) is 10.9. The highest BCUT2D eigenvalue weighted by molar-refractivity contribution is 6.00. The van der Waals surface area contributed by atoms with Gasteiger partial charge in [0.15, 0.2) is 5.82 Å². The van der Waals surface area contributed by atoms with Crippen LogP contribution in [0.3, 0.4) is 0 Å². The van der Waals surface area contributed by atoms with E-state index in [9.17, 15) is 0 Å². The maximum Gasteiger partial charge on any atom is 0.160 e. The smallest absolute Gasteiger partial charge is 0.160 e. The third kappa shape index (κ3) is 4.08. The molecule has 1 aromatic heterocycles. The van der Waals surface area contributed by atoms with Crippen molar-refractivity contribution in [3.63, 3.8) is 0 Å². The molecule has 0 saturated heterocycles. The lowest BCUT2D eigenvalue weighted by Crippen LogP contribution is -2.32. The van der Waals surface area contributed by atoms with Crippen molar-refractivity contribution in [3.05, 3.63) is 204 Å². The molecule has 0 unspecified atom stereocenters. The van der Waals surface area contributed by atoms with Gasteiger partial charge in [0.25, 0.3) is 0 Å². The molecule has 2 heterocycles. The molecule has 9 aromatic rings. The number of aromatic nitrogens is 2. The van der Waals surface area contributed by atoms with Crippen molar-refractivity contribution in [1.29, 1.82) is 0 Å². The van der Waals surface area contributed by atoms with Crippen molar-refractivity contribution in [2.75, 3.05) is 0 Å². The second kappa shape index (κ2) is 11.1. The Balaban J connectivity index is 1.24. The van der Waals surface area contributed by atoms with E-state index in [-0.39, 0.29) is 0 Å². The molecule has 1 aliphatic heterocycles. The number of hydrogen-bond donors (Lipinski definition) is 0. The van der Waals surface area contributed by atoms with Gasteiger partial charge >= 0.3 is 0 Å². The number of rotatable bonds is 3. The SMILES string of the molecule is c1ccc(-c2cc(-c3ccccc3)nc(-c3ccc4c(c3)C3(c5ccccc5-4)c4ccc5ccccc5c4Oc4c3ccc3ccccc43)n2)cc1. The Bertz CT molecular complexity index is 2740. The van der Waals surface area contributed by atoms with E-state index < -0.39 is 5.41 Å². The van der Waals surface area contributed by atoms with Crippen molar-refractivity contribution in [1.82, 2.24) is 9.97 Å². The van der Waals surface area contributed by atoms with Crippen LogP contribution in [0.25, 0.3) is 66.6 Å². The number of ether oxygens (including phenoxy) is 1. The molecule has 0 N–H and O–H groups in total. The van der Waals surface area contributed by atoms with Crippen LogP contribution in [0.4, 0.5) is 0 Å². The van der Waals surface area contributed by atoms with E-state index in [0.717, 1.165) is 72.2 Å². The van der Waals surface area contributed by atoms with E-state index in [1.165, 1.54) is 22.3 Å². The maximum absolute atomic E-state index is 7.14. The Hall–Kier alpha value is -6.84. The summed E-state index contributed by atoms with van der Waals surface area (Å²) in [6.45, 7) is 0. The molecule has 242 valence electrons. The largest absolute Gasteiger partial charge is 0.455 e. The summed E-state index contributed by atoms with van der Waals surface area (Å²) < 4.78 is 7.14. The molecule has 1 aliphatic carbocycles. The highest BCUT2D eigenvalue weighted by atomic mass is 16.5. The molecule has 1 spiro atoms. The number of hydrogen-bond acceptors (Lipinski definition) is 3. The molecule has 11 rings (SSSR count). The molecule has 3 nitrogen and oxygen atoms in total. The average molecular weight is 663 g/mol. The molecular formula is C49H30N2O. The van der Waals surface area contributed by atoms with Crippen LogP contribution in [0.1, 0.15) is 22.3 Å². The van der Waals surface area contributed by atoms with Gasteiger partial charge in [-0.05, 0) is 45.2 Å². The summed E-state index contributed by atoms with van der Waals surface area (Å²) in [5, 5.41) is 4.51. The monoisotopic (exact) mass is 662 g/mol. The summed E-state index contributed by atoms with van der Waals surface area (Å²) in [4.78, 5) is 10.5. The lowest BCUT2D eigenvalue weighted by atomic mass is 9.65. The van der Waals surface area contributed by atoms with Crippen LogP contribution in [-0.4, -0.2) is 9.97 Å². The molecule has 3 heteroatoms. The Kier molecular flexibility index (Phi) is 6.17. The van der Waals surface area contributed by atoms with E-state index in [4.69, 9.17) is 14.7 Å². The molecule has 0 amide bonds. The molecule has 0 bridgehead atoms. The van der Waals surface area contributed by atoms with E-state index in [1.54, 1.807) is 0 Å². The van der Waals surface area contributed by atoms with Crippen LogP contribution in [0.2, 0.25) is 0 Å². The molecule has 0 fully saturated rings. The van der Waals surface area contributed by atoms with Gasteiger partial charge in [0.05, 0.1) is 16.8 Å². The van der Waals surface area contributed by atoms with Gasteiger partial charge in [0, 0.05) is 38.6 Å². The molecule has 8 aromatic carbocycles. The van der Waals surface area contributed by atoms with Crippen LogP contribution >= 0.6 is 0 Å². The Morgan fingerprint density at radius 2 is 0.885 bits per heavy atom. The number of nitrogens with zero attached hydrogens (tertiary/aromatic N) is 2. The van der Waals surface area contributed by atoms with E-state index >= 15 is 0 Å². The fraction of sp³-hybridized carbons (Fsp3) is 0.0204. The molecule has 2 aliphatic rings. The van der Waals surface area contributed by atoms with Crippen molar-refractivity contribution in [2.24, 2.45) is 0 Å². The molecular weight excluding hydrogens is 633 g/mol. The predicted octanol–water partition coefficient (Wildman–Crippen LogP) is 12.3. The summed E-state index contributed by atoms with van der Waals surface area (Å²) in [5.74, 6) is 2.51. The minimum absolute atomic E-state index is 0.641. The molecule has 0 radical (unpaired) electrons. The van der Waals surface area contributed by atoms with Crippen LogP contribution in [-0.2, 0) is 5.41 Å². The van der Waals surface area contributed by atoms with Gasteiger partial charge in [-0.15, -0.1) is 0 Å². The van der Waals surface area contributed by atoms with Gasteiger partial charge in [-0.25, -0.2) is 9.97 Å². The first kappa shape index (κ1) is 28.9. The molecule has 0 saturated carbocycles. The van der Waals surface area contributed by atoms with Crippen molar-refractivity contribution in [3.8, 4) is 56.5 Å². The number of benzene rings is 8. The second-order valence-electron chi connectivity index (χ2n) is 13.7. The fourth-order valence-electron chi connectivity index (χ4n) is 8.63. The summed E-state index contributed by atoms with van der Waals surface area (Å²) in [7, 11) is 0. The van der Waals surface area contributed by atoms with Crippen LogP contribution in [0.15, 0.2) is 182 Å². The van der Waals surface area contributed by atoms with E-state index in [1.807, 2.05) is 12.1 Å². The fourth-order valence-corrected chi connectivity index (χ4v) is 8.63. The van der Waals surface area contributed by atoms with Crippen molar-refractivity contribution in [2.45, 2.75) is 5.41 Å². The molecule has 52 heavy (non-hydrogen) atoms. The third-order valence-electron chi connectivity index (χ3n) is 10.9. The normalized spacial score (nSPS) is 13.3. The Labute approximate surface area is 301 Å². The Morgan fingerprint density at radius 3 is 1.50 bits per heavy atom. The zero-order valence-electron chi connectivity index (χ0n) is 28.1. The van der Waals surface area contributed by atoms with Gasteiger partial charge in [0.2, 0.25) is 0 Å². The van der Waals surface area contributed by atoms with Gasteiger partial charge in [-0.3, -0.25) is 0 Å². The maximum atomic E-state index is 7.14. The Morgan fingerprint density at radius 1 is 0.365 bits per heavy atom. The standard InChI is InChI=1S/C49H30N2O/c1-3-15-33(16-4-1)44-30-45(34-17-5-2-6-18-34)51-48(50-44)35-23-26-39-38-21-11-12-22-40(38)49(43(39)29-35)41-27-24-31-13-7-9-19-36(31)46(41)52-47-37-20-10-8-14-32(37)25-28-42(47)49/h1-30H. The quantitative estimate of drug-likeness (QED) is 0.189. The zero-order valence-corrected chi connectivity index (χ0v) is 28.1. The van der Waals surface area contributed by atoms with E-state index in [2.05, 4.69) is 170 Å². The highest BCUT2D eigenvalue weighted by Gasteiger charge is 2.52. The van der Waals surface area contributed by atoms with Gasteiger partial charge in [-0.1, -0.05) is 170 Å². The lowest BCUT2D eigenvalue weighted by molar-refractivity contribution is 0.447. The van der Waals surface area contributed by atoms with Crippen LogP contribution in [0, 0.1) is 0 Å². The number of fused-ring (bicyclic) bond motifs is 13. The first-order valence-electron chi connectivity index (χ1n) is 17.7. The predicted molar refractivity (Wildman–Crippen MR) is 211 cm³/mol. The van der Waals surface area contributed by atoms with Gasteiger partial charge in [-0.2, -0.15) is 0 Å². The summed E-state index contributed by atoms with van der Waals surface area (Å²) in [5.41, 5.74) is 11.4. The van der Waals surface area contributed by atoms with Crippen LogP contribution in [0.5, 0.6) is 11.5 Å². The first-order valence-corrected chi connectivity index (χ1v) is 17.7. The lowest BCUT2D eigenvalue weighted by Gasteiger charge is -2.40. The van der Waals surface area contributed by atoms with Crippen molar-refractivity contribution >= 4 is 21.5 Å². The van der Waals surface area contributed by atoms with Crippen molar-refractivity contribution < 1.29 is 4.74 Å². The highest BCUT2D eigenvalue weighted by Crippen LogP contribution is 2.64. The zero-order chi connectivity index (χ0) is 34.2. The first-order chi connectivity index (χ1) is 25.8. The minimum Gasteiger partial charge on any atom is -0.455 e. The summed E-state index contributed by atoms with van der Waals surface area (Å²) >= 11 is 0. The summed E-state index contributed by atoms with van der Waals surface area (Å²) in [6, 6.07) is 64.7. The second-order valence-corrected chi connectivity index (χ2v) is 13.7. The van der Waals surface area contributed by atoms with Gasteiger partial charge in [0.1, 0.15) is 11.5 Å². The molecule has 0 atom stereocenters. The topological polar surface area (TPSA) is 35.0 Å². The van der Waals surface area contributed by atoms with Crippen LogP contribution < -0.4 is 4.74 Å². The van der Waals surface area contributed by atoms with E-state index in [0.29, 0.717) is 5.82 Å². The summed E-state index contributed by atoms with van der Waals surface area (Å²) in [6.07, 6.45) is 0. The minimum atomic E-state index is -0.641. The average Bonchev–Trinajstić information content (AvgIpc) is 3.51.